The van der Waals surface area contributed by atoms with E-state index in [1.54, 1.807) is 6.33 Å². The van der Waals surface area contributed by atoms with Crippen molar-refractivity contribution in [3.8, 4) is 0 Å². The van der Waals surface area contributed by atoms with Gasteiger partial charge in [0.25, 0.3) is 0 Å². The van der Waals surface area contributed by atoms with E-state index in [0.29, 0.717) is 0 Å². The van der Waals surface area contributed by atoms with Gasteiger partial charge in [0.15, 0.2) is 5.82 Å². The monoisotopic (exact) mass is 331 g/mol. The Hall–Kier alpha value is -1.85. The minimum atomic E-state index is 0.134. The van der Waals surface area contributed by atoms with Gasteiger partial charge in [-0.15, -0.1) is 0 Å². The molecule has 0 unspecified atom stereocenters. The SMILES string of the molecule is CC[C@@H](C)NC(=O)C1CCN(c2cncnc2N2CCCC2)CC1. The molecule has 3 rings (SSSR count). The van der Waals surface area contributed by atoms with Gasteiger partial charge >= 0.3 is 0 Å². The molecule has 2 aliphatic heterocycles. The summed E-state index contributed by atoms with van der Waals surface area (Å²) in [6, 6.07) is 0.264. The average molecular weight is 331 g/mol. The fraction of sp³-hybridized carbons (Fsp3) is 0.722. The van der Waals surface area contributed by atoms with E-state index in [2.05, 4.69) is 38.9 Å². The maximum Gasteiger partial charge on any atom is 0.223 e. The molecule has 1 amide bonds. The lowest BCUT2D eigenvalue weighted by Crippen LogP contribution is -2.43. The molecule has 24 heavy (non-hydrogen) atoms. The number of nitrogens with one attached hydrogen (secondary N) is 1. The maximum absolute atomic E-state index is 12.3. The van der Waals surface area contributed by atoms with Crippen LogP contribution in [0.3, 0.4) is 0 Å². The van der Waals surface area contributed by atoms with Gasteiger partial charge in [-0.25, -0.2) is 9.97 Å². The van der Waals surface area contributed by atoms with Crippen LogP contribution in [0, 0.1) is 5.92 Å². The van der Waals surface area contributed by atoms with Crippen molar-refractivity contribution in [2.24, 2.45) is 5.92 Å². The Labute approximate surface area is 144 Å². The van der Waals surface area contributed by atoms with E-state index in [1.807, 2.05) is 6.20 Å². The number of anilines is 2. The van der Waals surface area contributed by atoms with Crippen LogP contribution in [0.1, 0.15) is 46.0 Å². The van der Waals surface area contributed by atoms with Gasteiger partial charge < -0.3 is 15.1 Å². The summed E-state index contributed by atoms with van der Waals surface area (Å²) >= 11 is 0. The summed E-state index contributed by atoms with van der Waals surface area (Å²) in [6.07, 6.45) is 8.82. The molecule has 6 heteroatoms. The zero-order valence-corrected chi connectivity index (χ0v) is 14.9. The lowest BCUT2D eigenvalue weighted by Gasteiger charge is -2.35. The van der Waals surface area contributed by atoms with Crippen LogP contribution in [0.5, 0.6) is 0 Å². The van der Waals surface area contributed by atoms with Crippen molar-refractivity contribution in [3.63, 3.8) is 0 Å². The van der Waals surface area contributed by atoms with Crippen LogP contribution >= 0.6 is 0 Å². The molecule has 0 bridgehead atoms. The van der Waals surface area contributed by atoms with Gasteiger partial charge in [-0.05, 0) is 39.0 Å². The van der Waals surface area contributed by atoms with Crippen LogP contribution in [0.2, 0.25) is 0 Å². The fourth-order valence-electron chi connectivity index (χ4n) is 3.56. The third kappa shape index (κ3) is 3.79. The Morgan fingerprint density at radius 2 is 1.96 bits per heavy atom. The highest BCUT2D eigenvalue weighted by atomic mass is 16.1. The normalized spacial score (nSPS) is 20.2. The minimum Gasteiger partial charge on any atom is -0.367 e. The molecule has 1 aromatic rings. The molecular formula is C18H29N5O. The Kier molecular flexibility index (Phi) is 5.53. The second-order valence-electron chi connectivity index (χ2n) is 7.00. The first-order valence-electron chi connectivity index (χ1n) is 9.29. The zero-order chi connectivity index (χ0) is 16.9. The topological polar surface area (TPSA) is 61.4 Å². The average Bonchev–Trinajstić information content (AvgIpc) is 3.16. The van der Waals surface area contributed by atoms with E-state index in [4.69, 9.17) is 0 Å². The lowest BCUT2D eigenvalue weighted by molar-refractivity contribution is -0.126. The number of nitrogens with zero attached hydrogens (tertiary/aromatic N) is 4. The van der Waals surface area contributed by atoms with E-state index in [0.717, 1.165) is 56.9 Å². The number of carbonyl (C=O) groups is 1. The van der Waals surface area contributed by atoms with Crippen molar-refractivity contribution < 1.29 is 4.79 Å². The largest absolute Gasteiger partial charge is 0.367 e. The highest BCUT2D eigenvalue weighted by Crippen LogP contribution is 2.31. The molecule has 2 aliphatic rings. The van der Waals surface area contributed by atoms with Gasteiger partial charge in [0.2, 0.25) is 5.91 Å². The zero-order valence-electron chi connectivity index (χ0n) is 14.9. The second-order valence-corrected chi connectivity index (χ2v) is 7.00. The Balaban J connectivity index is 1.62. The van der Waals surface area contributed by atoms with E-state index in [9.17, 15) is 4.79 Å². The van der Waals surface area contributed by atoms with Crippen molar-refractivity contribution in [1.29, 1.82) is 0 Å². The molecule has 0 saturated carbocycles. The van der Waals surface area contributed by atoms with Crippen LogP contribution < -0.4 is 15.1 Å². The third-order valence-corrected chi connectivity index (χ3v) is 5.29. The summed E-state index contributed by atoms with van der Waals surface area (Å²) in [5.74, 6) is 1.41. The smallest absolute Gasteiger partial charge is 0.223 e. The Morgan fingerprint density at radius 3 is 2.62 bits per heavy atom. The third-order valence-electron chi connectivity index (χ3n) is 5.29. The highest BCUT2D eigenvalue weighted by Gasteiger charge is 2.28. The summed E-state index contributed by atoms with van der Waals surface area (Å²) in [7, 11) is 0. The molecule has 0 radical (unpaired) electrons. The van der Waals surface area contributed by atoms with Crippen molar-refractivity contribution in [1.82, 2.24) is 15.3 Å². The highest BCUT2D eigenvalue weighted by molar-refractivity contribution is 5.79. The van der Waals surface area contributed by atoms with Crippen molar-refractivity contribution in [2.45, 2.75) is 52.0 Å². The summed E-state index contributed by atoms with van der Waals surface area (Å²) in [6.45, 7) is 8.12. The number of aromatic nitrogens is 2. The first-order valence-corrected chi connectivity index (χ1v) is 9.29. The van der Waals surface area contributed by atoms with Crippen molar-refractivity contribution in [2.75, 3.05) is 36.0 Å². The van der Waals surface area contributed by atoms with E-state index >= 15 is 0 Å². The molecule has 1 N–H and O–H groups in total. The second kappa shape index (κ2) is 7.81. The summed E-state index contributed by atoms with van der Waals surface area (Å²) < 4.78 is 0. The minimum absolute atomic E-state index is 0.134. The molecule has 0 aromatic carbocycles. The lowest BCUT2D eigenvalue weighted by atomic mass is 9.95. The van der Waals surface area contributed by atoms with Gasteiger partial charge in [-0.2, -0.15) is 0 Å². The Bertz CT molecular complexity index is 550. The molecule has 1 aromatic heterocycles. The van der Waals surface area contributed by atoms with Crippen molar-refractivity contribution in [3.05, 3.63) is 12.5 Å². The standard InChI is InChI=1S/C18H29N5O/c1-3-14(2)21-18(24)15-6-10-22(11-7-15)16-12-19-13-20-17(16)23-8-4-5-9-23/h12-15H,3-11H2,1-2H3,(H,21,24)/t14-/m1/s1. The molecule has 0 aliphatic carbocycles. The van der Waals surface area contributed by atoms with Crippen LogP contribution in [0.25, 0.3) is 0 Å². The number of hydrogen-bond acceptors (Lipinski definition) is 5. The van der Waals surface area contributed by atoms with E-state index < -0.39 is 0 Å². The predicted molar refractivity (Wildman–Crippen MR) is 96.3 cm³/mol. The van der Waals surface area contributed by atoms with E-state index in [1.165, 1.54) is 12.8 Å². The summed E-state index contributed by atoms with van der Waals surface area (Å²) in [5.41, 5.74) is 1.13. The first-order chi connectivity index (χ1) is 11.7. The molecule has 2 saturated heterocycles. The van der Waals surface area contributed by atoms with Gasteiger partial charge in [0.05, 0.1) is 11.9 Å². The van der Waals surface area contributed by atoms with Crippen LogP contribution in [-0.2, 0) is 4.79 Å². The van der Waals surface area contributed by atoms with Crippen LogP contribution in [0.15, 0.2) is 12.5 Å². The van der Waals surface area contributed by atoms with Gasteiger partial charge in [0.1, 0.15) is 6.33 Å². The molecule has 2 fully saturated rings. The predicted octanol–water partition coefficient (Wildman–Crippen LogP) is 2.21. The number of rotatable bonds is 5. The fourth-order valence-corrected chi connectivity index (χ4v) is 3.56. The van der Waals surface area contributed by atoms with Gasteiger partial charge in [-0.1, -0.05) is 6.92 Å². The summed E-state index contributed by atoms with van der Waals surface area (Å²) in [5, 5.41) is 3.12. The first kappa shape index (κ1) is 17.0. The number of amides is 1. The molecule has 132 valence electrons. The number of carbonyl (C=O) groups excluding carboxylic acids is 1. The molecular weight excluding hydrogens is 302 g/mol. The molecule has 6 nitrogen and oxygen atoms in total. The van der Waals surface area contributed by atoms with Crippen LogP contribution in [-0.4, -0.2) is 48.1 Å². The molecule has 3 heterocycles. The van der Waals surface area contributed by atoms with Gasteiger partial charge in [0, 0.05) is 38.1 Å². The Morgan fingerprint density at radius 1 is 1.25 bits per heavy atom. The van der Waals surface area contributed by atoms with Gasteiger partial charge in [-0.3, -0.25) is 4.79 Å². The summed E-state index contributed by atoms with van der Waals surface area (Å²) in [4.78, 5) is 25.8. The van der Waals surface area contributed by atoms with Crippen molar-refractivity contribution >= 4 is 17.4 Å². The maximum atomic E-state index is 12.3. The quantitative estimate of drug-likeness (QED) is 0.896. The molecule has 0 spiro atoms. The molecule has 1 atom stereocenters. The van der Waals surface area contributed by atoms with Crippen LogP contribution in [0.4, 0.5) is 11.5 Å². The number of hydrogen-bond donors (Lipinski definition) is 1. The number of piperidine rings is 1. The van der Waals surface area contributed by atoms with E-state index in [-0.39, 0.29) is 17.9 Å².